The molecular weight excluding hydrogens is 316 g/mol. The lowest BCUT2D eigenvalue weighted by Crippen LogP contribution is -2.76. The maximum absolute atomic E-state index is 11.2. The summed E-state index contributed by atoms with van der Waals surface area (Å²) >= 11 is 5.84. The van der Waals surface area contributed by atoms with Crippen LogP contribution in [0.4, 0.5) is 0 Å². The summed E-state index contributed by atoms with van der Waals surface area (Å²) in [5.41, 5.74) is 0.0317. The number of benzene rings is 1. The Morgan fingerprint density at radius 2 is 2.04 bits per heavy atom. The zero-order chi connectivity index (χ0) is 16.1. The third-order valence-corrected chi connectivity index (χ3v) is 4.92. The van der Waals surface area contributed by atoms with Crippen molar-refractivity contribution in [2.45, 2.75) is 43.7 Å². The van der Waals surface area contributed by atoms with Crippen molar-refractivity contribution in [3.8, 4) is 5.75 Å². The van der Waals surface area contributed by atoms with E-state index >= 15 is 0 Å². The molecule has 0 spiro atoms. The van der Waals surface area contributed by atoms with E-state index < -0.39 is 0 Å². The molecule has 23 heavy (non-hydrogen) atoms. The van der Waals surface area contributed by atoms with Crippen molar-refractivity contribution < 1.29 is 9.53 Å². The second kappa shape index (κ2) is 4.96. The van der Waals surface area contributed by atoms with E-state index in [9.17, 15) is 4.79 Å². The van der Waals surface area contributed by atoms with E-state index in [1.165, 1.54) is 0 Å². The molecule has 6 nitrogen and oxygen atoms in total. The van der Waals surface area contributed by atoms with Crippen molar-refractivity contribution in [2.24, 2.45) is 0 Å². The molecule has 3 aliphatic rings. The molecule has 2 bridgehead atoms. The predicted molar refractivity (Wildman–Crippen MR) is 84.2 cm³/mol. The molecule has 0 radical (unpaired) electrons. The highest BCUT2D eigenvalue weighted by Gasteiger charge is 2.70. The summed E-state index contributed by atoms with van der Waals surface area (Å²) in [7, 11) is 0. The zero-order valence-corrected chi connectivity index (χ0v) is 13.5. The molecule has 3 fully saturated rings. The number of nitrogens with one attached hydrogen (secondary N) is 2. The third-order valence-electron chi connectivity index (χ3n) is 4.67. The van der Waals surface area contributed by atoms with Gasteiger partial charge in [-0.25, -0.2) is 4.98 Å². The molecular formula is C16H17ClN4O2. The molecule has 1 heterocycles. The van der Waals surface area contributed by atoms with Gasteiger partial charge >= 0.3 is 0 Å². The maximum atomic E-state index is 11.2. The SMILES string of the molecule is CC(=O)NC12CC(c3n[nH]c(COc4ccc(Cl)cc4)n3)(C1)C2. The second-order valence-electron chi connectivity index (χ2n) is 6.62. The van der Waals surface area contributed by atoms with E-state index in [1.807, 2.05) is 12.1 Å². The van der Waals surface area contributed by atoms with Crippen LogP contribution >= 0.6 is 11.6 Å². The van der Waals surface area contributed by atoms with Crippen LogP contribution in [-0.4, -0.2) is 26.6 Å². The first-order valence-electron chi connectivity index (χ1n) is 7.58. The monoisotopic (exact) mass is 332 g/mol. The Labute approximate surface area is 138 Å². The zero-order valence-electron chi connectivity index (χ0n) is 12.7. The summed E-state index contributed by atoms with van der Waals surface area (Å²) in [4.78, 5) is 15.7. The minimum Gasteiger partial charge on any atom is -0.486 e. The van der Waals surface area contributed by atoms with Crippen LogP contribution in [0.5, 0.6) is 5.75 Å². The molecule has 2 aromatic rings. The lowest BCUT2D eigenvalue weighted by atomic mass is 9.39. The van der Waals surface area contributed by atoms with Gasteiger partial charge in [0, 0.05) is 22.9 Å². The Kier molecular flexibility index (Phi) is 3.13. The van der Waals surface area contributed by atoms with Gasteiger partial charge in [-0.05, 0) is 43.5 Å². The number of aromatic amines is 1. The number of amides is 1. The van der Waals surface area contributed by atoms with Gasteiger partial charge in [0.05, 0.1) is 0 Å². The molecule has 1 aromatic carbocycles. The average molecular weight is 333 g/mol. The van der Waals surface area contributed by atoms with Crippen molar-refractivity contribution in [3.63, 3.8) is 0 Å². The van der Waals surface area contributed by atoms with Gasteiger partial charge in [0.15, 0.2) is 11.6 Å². The Bertz CT molecular complexity index is 736. The molecule has 3 aliphatic carbocycles. The highest BCUT2D eigenvalue weighted by Crippen LogP contribution is 2.66. The van der Waals surface area contributed by atoms with Crippen molar-refractivity contribution in [1.29, 1.82) is 0 Å². The van der Waals surface area contributed by atoms with Gasteiger partial charge < -0.3 is 10.1 Å². The molecule has 1 aromatic heterocycles. The lowest BCUT2D eigenvalue weighted by Gasteiger charge is -2.69. The number of halogens is 1. The molecule has 0 atom stereocenters. The Balaban J connectivity index is 1.36. The molecule has 5 rings (SSSR count). The van der Waals surface area contributed by atoms with Crippen LogP contribution in [0.15, 0.2) is 24.3 Å². The van der Waals surface area contributed by atoms with Gasteiger partial charge in [-0.15, -0.1) is 0 Å². The van der Waals surface area contributed by atoms with Crippen LogP contribution < -0.4 is 10.1 Å². The van der Waals surface area contributed by atoms with E-state index in [1.54, 1.807) is 19.1 Å². The molecule has 7 heteroatoms. The number of hydrogen-bond donors (Lipinski definition) is 2. The number of nitrogens with zero attached hydrogens (tertiary/aromatic N) is 2. The molecule has 0 aliphatic heterocycles. The summed E-state index contributed by atoms with van der Waals surface area (Å²) in [5.74, 6) is 2.31. The summed E-state index contributed by atoms with van der Waals surface area (Å²) in [6.07, 6.45) is 2.78. The molecule has 2 N–H and O–H groups in total. The lowest BCUT2D eigenvalue weighted by molar-refractivity contribution is -0.137. The second-order valence-corrected chi connectivity index (χ2v) is 7.06. The Morgan fingerprint density at radius 1 is 1.35 bits per heavy atom. The number of H-pyrrole nitrogens is 1. The third kappa shape index (κ3) is 2.47. The topological polar surface area (TPSA) is 79.9 Å². The number of carbonyl (C=O) groups excluding carboxylic acids is 1. The molecule has 0 saturated heterocycles. The number of carbonyl (C=O) groups is 1. The van der Waals surface area contributed by atoms with Crippen LogP contribution in [0.25, 0.3) is 0 Å². The number of rotatable bonds is 5. The van der Waals surface area contributed by atoms with E-state index in [-0.39, 0.29) is 16.9 Å². The minimum absolute atomic E-state index is 0.00751. The summed E-state index contributed by atoms with van der Waals surface area (Å²) in [6.45, 7) is 1.90. The first kappa shape index (κ1) is 14.5. The fourth-order valence-corrected chi connectivity index (χ4v) is 3.94. The number of aromatic nitrogens is 3. The Hall–Kier alpha value is -2.08. The fraction of sp³-hybridized carbons (Fsp3) is 0.438. The normalized spacial score (nSPS) is 27.7. The minimum atomic E-state index is -0.00751. The number of ether oxygens (including phenoxy) is 1. The summed E-state index contributed by atoms with van der Waals surface area (Å²) < 4.78 is 5.66. The quantitative estimate of drug-likeness (QED) is 0.880. The molecule has 0 unspecified atom stereocenters. The standard InChI is InChI=1S/C16H17ClN4O2/c1-10(22)19-16-7-15(8-16,9-16)14-18-13(20-21-14)6-23-12-4-2-11(17)3-5-12/h2-5H,6-9H2,1H3,(H,19,22)(H,18,20,21). The van der Waals surface area contributed by atoms with Crippen LogP contribution in [0, 0.1) is 0 Å². The highest BCUT2D eigenvalue weighted by atomic mass is 35.5. The molecule has 120 valence electrons. The van der Waals surface area contributed by atoms with Crippen LogP contribution in [-0.2, 0) is 16.8 Å². The van der Waals surface area contributed by atoms with Crippen molar-refractivity contribution in [1.82, 2.24) is 20.5 Å². The van der Waals surface area contributed by atoms with Crippen LogP contribution in [0.2, 0.25) is 5.02 Å². The van der Waals surface area contributed by atoms with Gasteiger partial charge in [-0.2, -0.15) is 5.10 Å². The Morgan fingerprint density at radius 3 is 2.70 bits per heavy atom. The average Bonchev–Trinajstić information content (AvgIpc) is 2.89. The maximum Gasteiger partial charge on any atom is 0.217 e. The highest BCUT2D eigenvalue weighted by molar-refractivity contribution is 6.30. The molecule has 3 saturated carbocycles. The summed E-state index contributed by atoms with van der Waals surface area (Å²) in [5, 5.41) is 11.0. The fourth-order valence-electron chi connectivity index (χ4n) is 3.81. The molecule has 1 amide bonds. The van der Waals surface area contributed by atoms with E-state index in [0.717, 1.165) is 30.8 Å². The van der Waals surface area contributed by atoms with E-state index in [0.29, 0.717) is 17.5 Å². The van der Waals surface area contributed by atoms with Gasteiger partial charge in [0.2, 0.25) is 5.91 Å². The van der Waals surface area contributed by atoms with Gasteiger partial charge in [0.1, 0.15) is 12.4 Å². The van der Waals surface area contributed by atoms with E-state index in [4.69, 9.17) is 16.3 Å². The number of hydrogen-bond acceptors (Lipinski definition) is 4. The largest absolute Gasteiger partial charge is 0.486 e. The van der Waals surface area contributed by atoms with Gasteiger partial charge in [0.25, 0.3) is 0 Å². The van der Waals surface area contributed by atoms with Gasteiger partial charge in [-0.3, -0.25) is 9.89 Å². The van der Waals surface area contributed by atoms with Crippen molar-refractivity contribution in [2.75, 3.05) is 0 Å². The van der Waals surface area contributed by atoms with E-state index in [2.05, 4.69) is 20.5 Å². The van der Waals surface area contributed by atoms with Crippen molar-refractivity contribution in [3.05, 3.63) is 40.9 Å². The van der Waals surface area contributed by atoms with Crippen LogP contribution in [0.3, 0.4) is 0 Å². The van der Waals surface area contributed by atoms with Gasteiger partial charge in [-0.1, -0.05) is 11.6 Å². The first-order chi connectivity index (χ1) is 11.0. The smallest absolute Gasteiger partial charge is 0.217 e. The summed E-state index contributed by atoms with van der Waals surface area (Å²) in [6, 6.07) is 7.20. The van der Waals surface area contributed by atoms with Crippen LogP contribution in [0.1, 0.15) is 37.8 Å². The van der Waals surface area contributed by atoms with Crippen molar-refractivity contribution >= 4 is 17.5 Å². The predicted octanol–water partition coefficient (Wildman–Crippen LogP) is 2.35. The first-order valence-corrected chi connectivity index (χ1v) is 7.95.